The van der Waals surface area contributed by atoms with E-state index >= 15 is 0 Å². The van der Waals surface area contributed by atoms with Gasteiger partial charge in [0.15, 0.2) is 0 Å². The lowest BCUT2D eigenvalue weighted by atomic mass is 9.92. The molecule has 0 aromatic rings. The topological polar surface area (TPSA) is 9.23 Å². The van der Waals surface area contributed by atoms with Crippen molar-refractivity contribution in [2.45, 2.75) is 64.6 Å². The van der Waals surface area contributed by atoms with E-state index in [1.807, 2.05) is 13.8 Å². The number of fused-ring (bicyclic) bond motifs is 2. The Morgan fingerprint density at radius 2 is 1.18 bits per heavy atom. The van der Waals surface area contributed by atoms with E-state index in [0.717, 1.165) is 0 Å². The van der Waals surface area contributed by atoms with Crippen LogP contribution in [0.5, 0.6) is 0 Å². The maximum Gasteiger partial charge on any atom is 0.0579 e. The Balaban J connectivity index is 0.000000281. The Morgan fingerprint density at radius 3 is 1.45 bits per heavy atom. The van der Waals surface area contributed by atoms with Gasteiger partial charge in [-0.05, 0) is 38.5 Å². The first-order valence-electron chi connectivity index (χ1n) is 5.10. The second-order valence-electron chi connectivity index (χ2n) is 3.24. The van der Waals surface area contributed by atoms with Gasteiger partial charge in [-0.15, -0.1) is 0 Å². The molecule has 2 saturated heterocycles. The van der Waals surface area contributed by atoms with E-state index in [0.29, 0.717) is 12.2 Å². The quantitative estimate of drug-likeness (QED) is 0.523. The number of rotatable bonds is 0. The van der Waals surface area contributed by atoms with Gasteiger partial charge in [-0.25, -0.2) is 0 Å². The Kier molecular flexibility index (Phi) is 3.92. The fraction of sp³-hybridized carbons (Fsp3) is 1.00. The highest BCUT2D eigenvalue weighted by Crippen LogP contribution is 2.30. The van der Waals surface area contributed by atoms with Gasteiger partial charge >= 0.3 is 0 Å². The summed E-state index contributed by atoms with van der Waals surface area (Å²) in [6, 6.07) is 0. The van der Waals surface area contributed by atoms with Gasteiger partial charge in [-0.1, -0.05) is 13.8 Å². The third-order valence-electron chi connectivity index (χ3n) is 2.49. The lowest BCUT2D eigenvalue weighted by Crippen LogP contribution is -2.31. The van der Waals surface area contributed by atoms with Crippen LogP contribution in [0.15, 0.2) is 0 Å². The van der Waals surface area contributed by atoms with Crippen molar-refractivity contribution >= 4 is 0 Å². The van der Waals surface area contributed by atoms with Crippen molar-refractivity contribution in [3.63, 3.8) is 0 Å². The molecule has 0 saturated carbocycles. The summed E-state index contributed by atoms with van der Waals surface area (Å²) in [5.41, 5.74) is 0. The van der Waals surface area contributed by atoms with Crippen LogP contribution in [0.25, 0.3) is 0 Å². The van der Waals surface area contributed by atoms with Crippen LogP contribution in [0.3, 0.4) is 0 Å². The Morgan fingerprint density at radius 1 is 0.818 bits per heavy atom. The first-order chi connectivity index (χ1) is 5.45. The average molecular weight is 156 g/mol. The number of hydrogen-bond acceptors (Lipinski definition) is 1. The number of hydrogen-bond donors (Lipinski definition) is 0. The Labute approximate surface area is 70.1 Å². The van der Waals surface area contributed by atoms with Crippen LogP contribution >= 0.6 is 0 Å². The zero-order valence-corrected chi connectivity index (χ0v) is 7.81. The van der Waals surface area contributed by atoms with Gasteiger partial charge in [0.1, 0.15) is 0 Å². The first-order valence-corrected chi connectivity index (χ1v) is 5.10. The molecule has 2 bridgehead atoms. The van der Waals surface area contributed by atoms with Crippen molar-refractivity contribution in [2.75, 3.05) is 0 Å². The molecule has 0 amide bonds. The number of ether oxygens (including phenoxy) is 1. The van der Waals surface area contributed by atoms with E-state index in [9.17, 15) is 0 Å². The van der Waals surface area contributed by atoms with Gasteiger partial charge in [0.25, 0.3) is 0 Å². The fourth-order valence-corrected chi connectivity index (χ4v) is 1.98. The van der Waals surface area contributed by atoms with E-state index in [1.165, 1.54) is 38.5 Å². The molecule has 1 nitrogen and oxygen atoms in total. The summed E-state index contributed by atoms with van der Waals surface area (Å²) in [5, 5.41) is 0. The predicted octanol–water partition coefficient (Wildman–Crippen LogP) is 3.13. The second-order valence-corrected chi connectivity index (χ2v) is 3.24. The van der Waals surface area contributed by atoms with Gasteiger partial charge in [-0.2, -0.15) is 0 Å². The lowest BCUT2D eigenvalue weighted by molar-refractivity contribution is -0.0823. The highest BCUT2D eigenvalue weighted by atomic mass is 16.5. The summed E-state index contributed by atoms with van der Waals surface area (Å²) in [7, 11) is 0. The highest BCUT2D eigenvalue weighted by Gasteiger charge is 2.25. The molecule has 2 heterocycles. The van der Waals surface area contributed by atoms with Crippen molar-refractivity contribution in [1.29, 1.82) is 0 Å². The summed E-state index contributed by atoms with van der Waals surface area (Å²) in [6.45, 7) is 4.00. The fourth-order valence-electron chi connectivity index (χ4n) is 1.98. The third kappa shape index (κ3) is 2.48. The van der Waals surface area contributed by atoms with Crippen molar-refractivity contribution in [3.8, 4) is 0 Å². The molecule has 2 aliphatic heterocycles. The zero-order valence-electron chi connectivity index (χ0n) is 7.81. The minimum atomic E-state index is 0.650. The average Bonchev–Trinajstić information content (AvgIpc) is 2.08. The molecule has 0 aromatic carbocycles. The van der Waals surface area contributed by atoms with Crippen molar-refractivity contribution in [3.05, 3.63) is 0 Å². The van der Waals surface area contributed by atoms with E-state index in [-0.39, 0.29) is 0 Å². The van der Waals surface area contributed by atoms with Gasteiger partial charge in [0, 0.05) is 0 Å². The van der Waals surface area contributed by atoms with E-state index in [4.69, 9.17) is 4.74 Å². The van der Waals surface area contributed by atoms with Crippen molar-refractivity contribution in [1.82, 2.24) is 0 Å². The van der Waals surface area contributed by atoms with Crippen LogP contribution in [0, 0.1) is 0 Å². The second kappa shape index (κ2) is 4.76. The molecule has 11 heavy (non-hydrogen) atoms. The van der Waals surface area contributed by atoms with Crippen LogP contribution in [-0.2, 0) is 4.74 Å². The molecule has 66 valence electrons. The molecule has 2 fully saturated rings. The molecule has 0 aromatic heterocycles. The maximum absolute atomic E-state index is 5.72. The van der Waals surface area contributed by atoms with Crippen LogP contribution in [0.2, 0.25) is 0 Å². The molecule has 0 atom stereocenters. The SMILES string of the molecule is C1CC2CCCC(C1)O2.CC. The molecule has 0 aliphatic carbocycles. The Hall–Kier alpha value is -0.0400. The monoisotopic (exact) mass is 156 g/mol. The summed E-state index contributed by atoms with van der Waals surface area (Å²) in [5.74, 6) is 0. The summed E-state index contributed by atoms with van der Waals surface area (Å²) < 4.78 is 5.72. The van der Waals surface area contributed by atoms with Gasteiger partial charge in [0.2, 0.25) is 0 Å². The summed E-state index contributed by atoms with van der Waals surface area (Å²) in [6.07, 6.45) is 9.44. The summed E-state index contributed by atoms with van der Waals surface area (Å²) >= 11 is 0. The standard InChI is InChI=1S/C8H14O.C2H6/c1-3-7-5-2-6-8(4-1)9-7;1-2/h7-8H,1-6H2;1-2H3. The van der Waals surface area contributed by atoms with Crippen LogP contribution < -0.4 is 0 Å². The van der Waals surface area contributed by atoms with Crippen LogP contribution in [0.4, 0.5) is 0 Å². The molecule has 0 radical (unpaired) electrons. The molecule has 0 unspecified atom stereocenters. The zero-order chi connectivity index (χ0) is 8.10. The van der Waals surface area contributed by atoms with E-state index in [1.54, 1.807) is 0 Å². The molecule has 2 aliphatic rings. The molecule has 0 spiro atoms. The van der Waals surface area contributed by atoms with Crippen molar-refractivity contribution < 1.29 is 4.74 Å². The van der Waals surface area contributed by atoms with E-state index < -0.39 is 0 Å². The minimum absolute atomic E-state index is 0.650. The van der Waals surface area contributed by atoms with Crippen LogP contribution in [-0.4, -0.2) is 12.2 Å². The van der Waals surface area contributed by atoms with Gasteiger partial charge < -0.3 is 4.74 Å². The predicted molar refractivity (Wildman–Crippen MR) is 47.7 cm³/mol. The molecule has 0 N–H and O–H groups in total. The highest BCUT2D eigenvalue weighted by molar-refractivity contribution is 4.76. The van der Waals surface area contributed by atoms with Crippen molar-refractivity contribution in [2.24, 2.45) is 0 Å². The summed E-state index contributed by atoms with van der Waals surface area (Å²) in [4.78, 5) is 0. The molecule has 2 rings (SSSR count). The third-order valence-corrected chi connectivity index (χ3v) is 2.49. The normalized spacial score (nSPS) is 35.5. The largest absolute Gasteiger partial charge is 0.375 e. The molecule has 1 heteroatoms. The van der Waals surface area contributed by atoms with Crippen LogP contribution in [0.1, 0.15) is 52.4 Å². The van der Waals surface area contributed by atoms with Gasteiger partial charge in [-0.3, -0.25) is 0 Å². The molecular weight excluding hydrogens is 136 g/mol. The lowest BCUT2D eigenvalue weighted by Gasteiger charge is -2.34. The van der Waals surface area contributed by atoms with E-state index in [2.05, 4.69) is 0 Å². The maximum atomic E-state index is 5.72. The van der Waals surface area contributed by atoms with Gasteiger partial charge in [0.05, 0.1) is 12.2 Å². The molecular formula is C10H20O. The minimum Gasteiger partial charge on any atom is -0.375 e. The first kappa shape index (κ1) is 9.05. The smallest absolute Gasteiger partial charge is 0.0579 e. The Bertz CT molecular complexity index is 81.0.